The molecule has 4 rings (SSSR count). The molecule has 1 N–H and O–H groups in total. The molecule has 12 heteroatoms. The summed E-state index contributed by atoms with van der Waals surface area (Å²) in [5.41, 5.74) is 0.462. The summed E-state index contributed by atoms with van der Waals surface area (Å²) in [6.45, 7) is 2.47. The normalized spacial score (nSPS) is 24.6. The van der Waals surface area contributed by atoms with Crippen LogP contribution in [0.15, 0.2) is 35.6 Å². The lowest BCUT2D eigenvalue weighted by atomic mass is 9.86. The highest BCUT2D eigenvalue weighted by Crippen LogP contribution is 2.42. The van der Waals surface area contributed by atoms with Crippen molar-refractivity contribution < 1.29 is 30.8 Å². The minimum atomic E-state index is -3.84. The Hall–Kier alpha value is -2.73. The summed E-state index contributed by atoms with van der Waals surface area (Å²) in [6.07, 6.45) is 1.81. The number of amidine groups is 1. The number of nitrogens with zero attached hydrogens (tertiary/aromatic N) is 3. The molecule has 0 saturated carbocycles. The molecule has 1 unspecified atom stereocenters. The van der Waals surface area contributed by atoms with Crippen molar-refractivity contribution in [1.29, 1.82) is 0 Å². The fraction of sp³-hybridized carbons (Fsp3) is 0.429. The highest BCUT2D eigenvalue weighted by Gasteiger charge is 2.52. The Bertz CT molecular complexity index is 1240. The number of likely N-dealkylation sites (tertiary alicyclic amines) is 1. The van der Waals surface area contributed by atoms with Gasteiger partial charge >= 0.3 is 0 Å². The average molecular weight is 486 g/mol. The van der Waals surface area contributed by atoms with E-state index in [0.717, 1.165) is 24.1 Å². The molecule has 2 atom stereocenters. The minimum Gasteiger partial charge on any atom is -0.383 e. The van der Waals surface area contributed by atoms with Crippen LogP contribution in [0.5, 0.6) is 0 Å². The predicted molar refractivity (Wildman–Crippen MR) is 113 cm³/mol. The summed E-state index contributed by atoms with van der Waals surface area (Å²) in [7, 11) is -3.84. The third kappa shape index (κ3) is 4.67. The molecule has 1 fully saturated rings. The van der Waals surface area contributed by atoms with Gasteiger partial charge in [-0.05, 0) is 19.9 Å². The molecule has 2 aliphatic rings. The zero-order valence-electron chi connectivity index (χ0n) is 18.1. The number of pyridine rings is 1. The Kier molecular flexibility index (Phi) is 5.64. The van der Waals surface area contributed by atoms with E-state index in [1.807, 2.05) is 4.72 Å². The second-order valence-corrected chi connectivity index (χ2v) is 10.4. The summed E-state index contributed by atoms with van der Waals surface area (Å²) in [6, 6.07) is 4.30. The fourth-order valence-electron chi connectivity index (χ4n) is 4.12. The lowest BCUT2D eigenvalue weighted by Crippen LogP contribution is -2.46. The van der Waals surface area contributed by atoms with Crippen LogP contribution in [0.2, 0.25) is 0 Å². The first-order valence-corrected chi connectivity index (χ1v) is 11.9. The van der Waals surface area contributed by atoms with Crippen LogP contribution in [0, 0.1) is 18.6 Å². The van der Waals surface area contributed by atoms with Crippen molar-refractivity contribution in [3.63, 3.8) is 0 Å². The Balaban J connectivity index is 1.62. The maximum atomic E-state index is 14.5. The van der Waals surface area contributed by atoms with Crippen molar-refractivity contribution in [2.75, 3.05) is 19.3 Å². The van der Waals surface area contributed by atoms with Gasteiger partial charge in [0.2, 0.25) is 10.0 Å². The predicted octanol–water partition coefficient (Wildman–Crippen LogP) is 3.15. The molecule has 7 nitrogen and oxygen atoms in total. The first kappa shape index (κ1) is 23.4. The van der Waals surface area contributed by atoms with Gasteiger partial charge in [-0.2, -0.15) is 0 Å². The summed E-state index contributed by atoms with van der Waals surface area (Å²) in [5, 5.41) is 4.00. The van der Waals surface area contributed by atoms with E-state index in [9.17, 15) is 26.0 Å². The van der Waals surface area contributed by atoms with E-state index in [-0.39, 0.29) is 24.5 Å². The number of sulfonamides is 1. The summed E-state index contributed by atoms with van der Waals surface area (Å²) >= 11 is 0. The standard InChI is InChI=1S/C21H22F4N4O3S/c1-12-4-5-15(14(6-12)19-16(23)7-13(22)9-26-19)20(2)8-18(27-32-20)29-10-17(21(24,25)11-29)28-33(3,30)31/h4-7,9,17,28H,8,10-11H2,1-3H3/t17-,20?/m1/s1. The van der Waals surface area contributed by atoms with Crippen LogP contribution in [-0.2, 0) is 20.5 Å². The van der Waals surface area contributed by atoms with Crippen LogP contribution in [0.3, 0.4) is 0 Å². The highest BCUT2D eigenvalue weighted by molar-refractivity contribution is 7.88. The van der Waals surface area contributed by atoms with Gasteiger partial charge in [0.1, 0.15) is 23.4 Å². The molecular weight excluding hydrogens is 464 g/mol. The highest BCUT2D eigenvalue weighted by atomic mass is 32.2. The molecule has 3 heterocycles. The first-order valence-electron chi connectivity index (χ1n) is 10.1. The van der Waals surface area contributed by atoms with Gasteiger partial charge in [-0.3, -0.25) is 4.98 Å². The van der Waals surface area contributed by atoms with E-state index < -0.39 is 45.8 Å². The zero-order valence-corrected chi connectivity index (χ0v) is 18.9. The lowest BCUT2D eigenvalue weighted by molar-refractivity contribution is -0.00698. The molecule has 178 valence electrons. The third-order valence-electron chi connectivity index (χ3n) is 5.69. The molecule has 1 aromatic carbocycles. The van der Waals surface area contributed by atoms with E-state index in [1.54, 1.807) is 32.0 Å². The van der Waals surface area contributed by atoms with Gasteiger partial charge in [0.05, 0.1) is 25.4 Å². The van der Waals surface area contributed by atoms with Crippen LogP contribution < -0.4 is 4.72 Å². The van der Waals surface area contributed by atoms with Gasteiger partial charge in [0.25, 0.3) is 5.92 Å². The van der Waals surface area contributed by atoms with Crippen molar-refractivity contribution in [1.82, 2.24) is 14.6 Å². The van der Waals surface area contributed by atoms with E-state index >= 15 is 0 Å². The van der Waals surface area contributed by atoms with Crippen LogP contribution in [0.25, 0.3) is 11.3 Å². The molecule has 0 spiro atoms. The van der Waals surface area contributed by atoms with Crippen LogP contribution in [0.1, 0.15) is 24.5 Å². The maximum Gasteiger partial charge on any atom is 0.282 e. The van der Waals surface area contributed by atoms with Crippen LogP contribution in [0.4, 0.5) is 17.6 Å². The number of oxime groups is 1. The Morgan fingerprint density at radius 3 is 2.64 bits per heavy atom. The summed E-state index contributed by atoms with van der Waals surface area (Å²) in [4.78, 5) is 10.8. The Morgan fingerprint density at radius 2 is 1.97 bits per heavy atom. The first-order chi connectivity index (χ1) is 15.3. The van der Waals surface area contributed by atoms with Gasteiger partial charge in [-0.15, -0.1) is 0 Å². The van der Waals surface area contributed by atoms with Crippen molar-refractivity contribution in [2.24, 2.45) is 5.16 Å². The van der Waals surface area contributed by atoms with Crippen molar-refractivity contribution in [2.45, 2.75) is 37.8 Å². The van der Waals surface area contributed by atoms with Crippen molar-refractivity contribution >= 4 is 15.9 Å². The number of hydrogen-bond donors (Lipinski definition) is 1. The molecule has 0 aliphatic carbocycles. The van der Waals surface area contributed by atoms with E-state index in [4.69, 9.17) is 4.84 Å². The molecule has 0 amide bonds. The molecule has 0 radical (unpaired) electrons. The van der Waals surface area contributed by atoms with E-state index in [2.05, 4.69) is 10.1 Å². The number of rotatable bonds is 4. The Morgan fingerprint density at radius 1 is 1.24 bits per heavy atom. The van der Waals surface area contributed by atoms with Gasteiger partial charge in [0.15, 0.2) is 11.4 Å². The quantitative estimate of drug-likeness (QED) is 0.672. The average Bonchev–Trinajstić information content (AvgIpc) is 3.21. The smallest absolute Gasteiger partial charge is 0.282 e. The zero-order chi connectivity index (χ0) is 24.2. The number of aromatic nitrogens is 1. The lowest BCUT2D eigenvalue weighted by Gasteiger charge is -2.26. The molecule has 0 bridgehead atoms. The molecule has 33 heavy (non-hydrogen) atoms. The molecule has 1 saturated heterocycles. The second kappa shape index (κ2) is 7.94. The van der Waals surface area contributed by atoms with Gasteiger partial charge in [-0.1, -0.05) is 22.9 Å². The monoisotopic (exact) mass is 486 g/mol. The molecule has 1 aromatic heterocycles. The summed E-state index contributed by atoms with van der Waals surface area (Å²) < 4.78 is 81.6. The number of nitrogens with one attached hydrogen (secondary N) is 1. The number of hydrogen-bond acceptors (Lipinski definition) is 6. The van der Waals surface area contributed by atoms with Gasteiger partial charge in [-0.25, -0.2) is 30.7 Å². The summed E-state index contributed by atoms with van der Waals surface area (Å²) in [5.74, 6) is -4.75. The number of halogens is 4. The largest absolute Gasteiger partial charge is 0.383 e. The van der Waals surface area contributed by atoms with Gasteiger partial charge < -0.3 is 9.74 Å². The van der Waals surface area contributed by atoms with Crippen LogP contribution in [-0.4, -0.2) is 55.4 Å². The minimum absolute atomic E-state index is 0.0708. The molecular formula is C21H22F4N4O3S. The van der Waals surface area contributed by atoms with Crippen molar-refractivity contribution in [3.8, 4) is 11.3 Å². The van der Waals surface area contributed by atoms with Crippen molar-refractivity contribution in [3.05, 3.63) is 53.2 Å². The van der Waals surface area contributed by atoms with E-state index in [1.165, 1.54) is 4.90 Å². The topological polar surface area (TPSA) is 83.9 Å². The molecule has 2 aliphatic heterocycles. The Labute approximate surface area is 188 Å². The number of benzene rings is 1. The molecule has 2 aromatic rings. The van der Waals surface area contributed by atoms with E-state index in [0.29, 0.717) is 11.1 Å². The van der Waals surface area contributed by atoms with Gasteiger partial charge in [0, 0.05) is 23.7 Å². The SMILES string of the molecule is Cc1ccc(C2(C)CC(N3C[C@@H](NS(C)(=O)=O)C(F)(F)C3)=NO2)c(-c2ncc(F)cc2F)c1. The van der Waals surface area contributed by atoms with Crippen LogP contribution >= 0.6 is 0 Å². The number of alkyl halides is 2. The second-order valence-electron chi connectivity index (χ2n) is 8.62. The maximum absolute atomic E-state index is 14.5. The number of aryl methyl sites for hydroxylation is 1. The fourth-order valence-corrected chi connectivity index (χ4v) is 4.89. The third-order valence-corrected chi connectivity index (χ3v) is 6.40.